The molecule has 1 aromatic rings. The normalized spacial score (nSPS) is 10.4. The van der Waals surface area contributed by atoms with Gasteiger partial charge in [0.05, 0.1) is 0 Å². The van der Waals surface area contributed by atoms with Gasteiger partial charge in [0.25, 0.3) is 0 Å². The lowest BCUT2D eigenvalue weighted by molar-refractivity contribution is 1.44. The van der Waals surface area contributed by atoms with Gasteiger partial charge in [0.1, 0.15) is 0 Å². The molecule has 0 aliphatic rings. The number of hydrogen-bond acceptors (Lipinski definition) is 2. The summed E-state index contributed by atoms with van der Waals surface area (Å²) >= 11 is 0. The summed E-state index contributed by atoms with van der Waals surface area (Å²) in [7, 11) is 0. The number of hydrogen-bond donors (Lipinski definition) is 2. The lowest BCUT2D eigenvalue weighted by atomic mass is 10.1. The van der Waals surface area contributed by atoms with Gasteiger partial charge in [0.2, 0.25) is 0 Å². The van der Waals surface area contributed by atoms with Gasteiger partial charge in [-0.15, -0.1) is 0 Å². The highest BCUT2D eigenvalue weighted by atomic mass is 14.6. The maximum atomic E-state index is 6.83. The first-order valence-corrected chi connectivity index (χ1v) is 3.78. The Balaban J connectivity index is 3.07. The first-order chi connectivity index (χ1) is 5.75. The number of nitrogens with one attached hydrogen (secondary N) is 1. The first-order valence-electron chi connectivity index (χ1n) is 3.78. The molecule has 0 atom stereocenters. The minimum atomic E-state index is 0.794. The van der Waals surface area contributed by atoms with Crippen molar-refractivity contribution in [3.05, 3.63) is 35.4 Å². The summed E-state index contributed by atoms with van der Waals surface area (Å²) < 4.78 is 0. The van der Waals surface area contributed by atoms with Crippen molar-refractivity contribution < 1.29 is 0 Å². The van der Waals surface area contributed by atoms with Crippen molar-refractivity contribution in [1.29, 1.82) is 5.41 Å². The molecule has 0 spiro atoms. The molecular weight excluding hydrogens is 148 g/mol. The molecule has 0 aliphatic carbocycles. The lowest BCUT2D eigenvalue weighted by Crippen LogP contribution is -1.90. The van der Waals surface area contributed by atoms with Crippen LogP contribution in [0.2, 0.25) is 0 Å². The quantitative estimate of drug-likeness (QED) is 0.506. The van der Waals surface area contributed by atoms with Crippen molar-refractivity contribution in [2.45, 2.75) is 6.92 Å². The molecule has 1 aromatic carbocycles. The highest BCUT2D eigenvalue weighted by molar-refractivity contribution is 5.77. The average Bonchev–Trinajstić information content (AvgIpc) is 2.08. The van der Waals surface area contributed by atoms with Gasteiger partial charge in [-0.1, -0.05) is 18.2 Å². The molecule has 3 N–H and O–H groups in total. The maximum Gasteiger partial charge on any atom is 0.0349 e. The van der Waals surface area contributed by atoms with E-state index in [2.05, 4.69) is 0 Å². The van der Waals surface area contributed by atoms with Gasteiger partial charge in [-0.3, -0.25) is 0 Å². The Bertz CT molecular complexity index is 314. The molecule has 0 bridgehead atoms. The van der Waals surface area contributed by atoms with Crippen LogP contribution in [0.4, 0.5) is 5.69 Å². The zero-order valence-electron chi connectivity index (χ0n) is 7.04. The fourth-order valence-electron chi connectivity index (χ4n) is 1.00. The minimum Gasteiger partial charge on any atom is -0.398 e. The van der Waals surface area contributed by atoms with Gasteiger partial charge in [-0.2, -0.15) is 0 Å². The molecule has 2 heteroatoms. The number of allylic oxidation sites excluding steroid dienone is 1. The summed E-state index contributed by atoms with van der Waals surface area (Å²) in [5, 5.41) is 6.83. The van der Waals surface area contributed by atoms with Crippen LogP contribution < -0.4 is 5.73 Å². The van der Waals surface area contributed by atoms with Crippen molar-refractivity contribution >= 4 is 18.0 Å². The predicted molar refractivity (Wildman–Crippen MR) is 53.4 cm³/mol. The Kier molecular flexibility index (Phi) is 2.64. The van der Waals surface area contributed by atoms with E-state index in [0.717, 1.165) is 16.8 Å². The third kappa shape index (κ3) is 1.72. The second-order valence-corrected chi connectivity index (χ2v) is 2.59. The van der Waals surface area contributed by atoms with Crippen molar-refractivity contribution in [3.63, 3.8) is 0 Å². The molecule has 0 saturated heterocycles. The van der Waals surface area contributed by atoms with Crippen LogP contribution in [-0.2, 0) is 0 Å². The van der Waals surface area contributed by atoms with Crippen LogP contribution in [0.1, 0.15) is 11.1 Å². The topological polar surface area (TPSA) is 49.9 Å². The molecule has 2 nitrogen and oxygen atoms in total. The number of nitrogens with two attached hydrogens (primary N) is 1. The summed E-state index contributed by atoms with van der Waals surface area (Å²) in [5.74, 6) is 0. The Morgan fingerprint density at radius 3 is 2.83 bits per heavy atom. The van der Waals surface area contributed by atoms with Crippen molar-refractivity contribution in [3.8, 4) is 0 Å². The molecule has 0 heterocycles. The summed E-state index contributed by atoms with van der Waals surface area (Å²) in [6, 6.07) is 5.76. The van der Waals surface area contributed by atoms with Gasteiger partial charge >= 0.3 is 0 Å². The highest BCUT2D eigenvalue weighted by Crippen LogP contribution is 2.16. The molecule has 0 fully saturated rings. The van der Waals surface area contributed by atoms with Crippen LogP contribution in [-0.4, -0.2) is 6.21 Å². The average molecular weight is 160 g/mol. The van der Waals surface area contributed by atoms with Crippen LogP contribution >= 0.6 is 0 Å². The van der Waals surface area contributed by atoms with E-state index in [0.29, 0.717) is 0 Å². The Labute approximate surface area is 72.2 Å². The van der Waals surface area contributed by atoms with Crippen LogP contribution in [0.25, 0.3) is 6.08 Å². The van der Waals surface area contributed by atoms with E-state index in [1.165, 1.54) is 6.21 Å². The van der Waals surface area contributed by atoms with E-state index in [1.54, 1.807) is 6.08 Å². The molecule has 0 saturated carbocycles. The second-order valence-electron chi connectivity index (χ2n) is 2.59. The van der Waals surface area contributed by atoms with Gasteiger partial charge in [-0.05, 0) is 30.2 Å². The smallest absolute Gasteiger partial charge is 0.0349 e. The van der Waals surface area contributed by atoms with E-state index < -0.39 is 0 Å². The SMILES string of the molecule is Cc1c(N)cccc1/C=C\C=N. The number of nitrogen functional groups attached to an aromatic ring is 1. The molecule has 12 heavy (non-hydrogen) atoms. The van der Waals surface area contributed by atoms with E-state index in [9.17, 15) is 0 Å². The van der Waals surface area contributed by atoms with Gasteiger partial charge < -0.3 is 11.1 Å². The molecule has 1 rings (SSSR count). The Morgan fingerprint density at radius 1 is 1.42 bits per heavy atom. The number of anilines is 1. The molecule has 62 valence electrons. The fraction of sp³-hybridized carbons (Fsp3) is 0.100. The summed E-state index contributed by atoms with van der Waals surface area (Å²) in [6.07, 6.45) is 4.81. The Morgan fingerprint density at radius 2 is 2.17 bits per heavy atom. The third-order valence-electron chi connectivity index (χ3n) is 1.79. The van der Waals surface area contributed by atoms with Gasteiger partial charge in [0, 0.05) is 11.9 Å². The minimum absolute atomic E-state index is 0.794. The second kappa shape index (κ2) is 3.72. The van der Waals surface area contributed by atoms with Crippen LogP contribution in [0.5, 0.6) is 0 Å². The summed E-state index contributed by atoms with van der Waals surface area (Å²) in [5.41, 5.74) is 8.63. The van der Waals surface area contributed by atoms with Gasteiger partial charge in [-0.25, -0.2) is 0 Å². The van der Waals surface area contributed by atoms with Crippen molar-refractivity contribution in [2.75, 3.05) is 5.73 Å². The van der Waals surface area contributed by atoms with Crippen molar-refractivity contribution in [2.24, 2.45) is 0 Å². The predicted octanol–water partition coefficient (Wildman–Crippen LogP) is 2.24. The van der Waals surface area contributed by atoms with Crippen LogP contribution in [0.3, 0.4) is 0 Å². The zero-order valence-corrected chi connectivity index (χ0v) is 7.04. The first kappa shape index (κ1) is 8.53. The zero-order chi connectivity index (χ0) is 8.97. The van der Waals surface area contributed by atoms with Crippen molar-refractivity contribution in [1.82, 2.24) is 0 Å². The lowest BCUT2D eigenvalue weighted by Gasteiger charge is -2.02. The number of rotatable bonds is 2. The van der Waals surface area contributed by atoms with E-state index in [4.69, 9.17) is 11.1 Å². The largest absolute Gasteiger partial charge is 0.398 e. The molecule has 0 aliphatic heterocycles. The number of benzene rings is 1. The Hall–Kier alpha value is -1.57. The maximum absolute atomic E-state index is 6.83. The van der Waals surface area contributed by atoms with Crippen LogP contribution in [0.15, 0.2) is 24.3 Å². The van der Waals surface area contributed by atoms with E-state index >= 15 is 0 Å². The summed E-state index contributed by atoms with van der Waals surface area (Å²) in [4.78, 5) is 0. The molecule has 0 unspecified atom stereocenters. The monoisotopic (exact) mass is 160 g/mol. The van der Waals surface area contributed by atoms with Gasteiger partial charge in [0.15, 0.2) is 0 Å². The summed E-state index contributed by atoms with van der Waals surface area (Å²) in [6.45, 7) is 1.97. The third-order valence-corrected chi connectivity index (χ3v) is 1.79. The molecule has 0 radical (unpaired) electrons. The van der Waals surface area contributed by atoms with Crippen LogP contribution in [0, 0.1) is 12.3 Å². The van der Waals surface area contributed by atoms with E-state index in [-0.39, 0.29) is 0 Å². The standard InChI is InChI=1S/C10H12N2/c1-8-9(5-3-7-11)4-2-6-10(8)12/h2-7,11H,12H2,1H3/b5-3-,11-7?. The highest BCUT2D eigenvalue weighted by Gasteiger charge is 1.95. The molecular formula is C10H12N2. The molecule has 0 amide bonds. The molecule has 0 aromatic heterocycles. The fourth-order valence-corrected chi connectivity index (χ4v) is 1.00. The van der Waals surface area contributed by atoms with E-state index in [1.807, 2.05) is 31.2 Å².